The zero-order valence-corrected chi connectivity index (χ0v) is 12.9. The maximum absolute atomic E-state index is 12.6. The second kappa shape index (κ2) is 4.73. The summed E-state index contributed by atoms with van der Waals surface area (Å²) in [4.78, 5) is 25.9. The van der Waals surface area contributed by atoms with Gasteiger partial charge in [-0.3, -0.25) is 14.3 Å². The van der Waals surface area contributed by atoms with Crippen LogP contribution < -0.4 is 0 Å². The van der Waals surface area contributed by atoms with Gasteiger partial charge in [-0.2, -0.15) is 5.10 Å². The van der Waals surface area contributed by atoms with Crippen LogP contribution in [0.25, 0.3) is 0 Å². The number of carbonyl (C=O) groups is 2. The van der Waals surface area contributed by atoms with Crippen LogP contribution in [-0.4, -0.2) is 44.8 Å². The lowest BCUT2D eigenvalue weighted by Gasteiger charge is -2.23. The first-order valence-corrected chi connectivity index (χ1v) is 7.46. The molecule has 0 unspecified atom stereocenters. The van der Waals surface area contributed by atoms with E-state index in [4.69, 9.17) is 11.6 Å². The average Bonchev–Trinajstić information content (AvgIpc) is 3.05. The Morgan fingerprint density at radius 3 is 2.71 bits per heavy atom. The van der Waals surface area contributed by atoms with Crippen LogP contribution in [0.15, 0.2) is 0 Å². The molecule has 1 saturated heterocycles. The topological polar surface area (TPSA) is 75.4 Å². The Kier molecular flexibility index (Phi) is 3.24. The summed E-state index contributed by atoms with van der Waals surface area (Å²) in [5.74, 6) is -1.01. The number of hydrogen-bond donors (Lipinski definition) is 1. The standard InChI is InChI=1S/C14H18ClN3O3/c1-8-10(15)11(16-17(8)2)12(19)18-6-9-4-3-5-14(9,7-18)13(20)21/h9H,3-7H2,1-2H3,(H,20,21)/t9-,14+/m0/s1. The number of rotatable bonds is 2. The van der Waals surface area contributed by atoms with Crippen molar-refractivity contribution in [1.29, 1.82) is 0 Å². The van der Waals surface area contributed by atoms with Gasteiger partial charge in [-0.25, -0.2) is 0 Å². The van der Waals surface area contributed by atoms with E-state index in [-0.39, 0.29) is 24.1 Å². The van der Waals surface area contributed by atoms with Crippen LogP contribution in [0.5, 0.6) is 0 Å². The molecule has 1 aliphatic carbocycles. The zero-order valence-electron chi connectivity index (χ0n) is 12.1. The van der Waals surface area contributed by atoms with Crippen LogP contribution in [0, 0.1) is 18.3 Å². The summed E-state index contributed by atoms with van der Waals surface area (Å²) in [6.07, 6.45) is 2.43. The maximum atomic E-state index is 12.6. The number of aryl methyl sites for hydroxylation is 1. The van der Waals surface area contributed by atoms with Crippen LogP contribution in [0.3, 0.4) is 0 Å². The van der Waals surface area contributed by atoms with Crippen molar-refractivity contribution in [3.05, 3.63) is 16.4 Å². The molecule has 3 rings (SSSR count). The van der Waals surface area contributed by atoms with E-state index in [1.54, 1.807) is 23.6 Å². The van der Waals surface area contributed by atoms with Gasteiger partial charge in [0.05, 0.1) is 16.1 Å². The first kappa shape index (κ1) is 14.4. The molecule has 21 heavy (non-hydrogen) atoms. The molecule has 1 saturated carbocycles. The second-order valence-corrected chi connectivity index (χ2v) is 6.49. The Labute approximate surface area is 127 Å². The quantitative estimate of drug-likeness (QED) is 0.902. The van der Waals surface area contributed by atoms with Crippen molar-refractivity contribution >= 4 is 23.5 Å². The third kappa shape index (κ3) is 1.96. The van der Waals surface area contributed by atoms with E-state index in [2.05, 4.69) is 5.10 Å². The van der Waals surface area contributed by atoms with Crippen molar-refractivity contribution in [1.82, 2.24) is 14.7 Å². The lowest BCUT2D eigenvalue weighted by Crippen LogP contribution is -2.37. The highest BCUT2D eigenvalue weighted by Gasteiger charge is 2.56. The van der Waals surface area contributed by atoms with E-state index in [9.17, 15) is 14.7 Å². The zero-order chi connectivity index (χ0) is 15.4. The summed E-state index contributed by atoms with van der Waals surface area (Å²) in [5.41, 5.74) is 0.177. The van der Waals surface area contributed by atoms with Crippen LogP contribution in [0.2, 0.25) is 5.02 Å². The van der Waals surface area contributed by atoms with Crippen LogP contribution in [-0.2, 0) is 11.8 Å². The van der Waals surface area contributed by atoms with Gasteiger partial charge in [0.15, 0.2) is 5.69 Å². The fourth-order valence-corrected chi connectivity index (χ4v) is 3.90. The molecule has 0 spiro atoms. The van der Waals surface area contributed by atoms with Crippen LogP contribution in [0.1, 0.15) is 35.4 Å². The normalized spacial score (nSPS) is 28.0. The molecule has 7 heteroatoms. The number of carboxylic acid groups (broad SMARTS) is 1. The molecule has 114 valence electrons. The maximum Gasteiger partial charge on any atom is 0.311 e. The fraction of sp³-hybridized carbons (Fsp3) is 0.643. The number of fused-ring (bicyclic) bond motifs is 1. The highest BCUT2D eigenvalue weighted by molar-refractivity contribution is 6.34. The molecule has 0 bridgehead atoms. The number of aromatic nitrogens is 2. The Morgan fingerprint density at radius 1 is 1.48 bits per heavy atom. The number of carbonyl (C=O) groups excluding carboxylic acids is 1. The molecule has 0 aromatic carbocycles. The number of halogens is 1. The Hall–Kier alpha value is -1.56. The van der Waals surface area contributed by atoms with Gasteiger partial charge in [0.1, 0.15) is 0 Å². The van der Waals surface area contributed by atoms with E-state index < -0.39 is 11.4 Å². The molecule has 0 radical (unpaired) electrons. The van der Waals surface area contributed by atoms with E-state index in [0.29, 0.717) is 18.0 Å². The first-order chi connectivity index (χ1) is 9.86. The van der Waals surface area contributed by atoms with Gasteiger partial charge >= 0.3 is 5.97 Å². The molecule has 1 amide bonds. The van der Waals surface area contributed by atoms with Gasteiger partial charge in [0.25, 0.3) is 5.91 Å². The number of nitrogens with zero attached hydrogens (tertiary/aromatic N) is 3. The fourth-order valence-electron chi connectivity index (χ4n) is 3.66. The predicted octanol–water partition coefficient (Wildman–Crippen LogP) is 1.71. The molecule has 1 aliphatic heterocycles. The van der Waals surface area contributed by atoms with Crippen molar-refractivity contribution in [2.75, 3.05) is 13.1 Å². The minimum Gasteiger partial charge on any atom is -0.481 e. The number of carboxylic acids is 1. The highest BCUT2D eigenvalue weighted by atomic mass is 35.5. The van der Waals surface area contributed by atoms with Crippen molar-refractivity contribution in [3.63, 3.8) is 0 Å². The molecular weight excluding hydrogens is 294 g/mol. The molecule has 2 heterocycles. The van der Waals surface area contributed by atoms with Gasteiger partial charge < -0.3 is 10.0 Å². The Balaban J connectivity index is 1.88. The molecule has 6 nitrogen and oxygen atoms in total. The molecule has 1 aromatic heterocycles. The lowest BCUT2D eigenvalue weighted by molar-refractivity contribution is -0.149. The third-order valence-electron chi connectivity index (χ3n) is 5.05. The summed E-state index contributed by atoms with van der Waals surface area (Å²) in [6, 6.07) is 0. The summed E-state index contributed by atoms with van der Waals surface area (Å²) in [7, 11) is 1.73. The van der Waals surface area contributed by atoms with Gasteiger partial charge in [-0.05, 0) is 25.7 Å². The number of likely N-dealkylation sites (tertiary alicyclic amines) is 1. The van der Waals surface area contributed by atoms with Crippen molar-refractivity contribution in [2.45, 2.75) is 26.2 Å². The summed E-state index contributed by atoms with van der Waals surface area (Å²) in [6.45, 7) is 2.54. The second-order valence-electron chi connectivity index (χ2n) is 6.11. The summed E-state index contributed by atoms with van der Waals surface area (Å²) >= 11 is 6.16. The van der Waals surface area contributed by atoms with Crippen LogP contribution in [0.4, 0.5) is 0 Å². The van der Waals surface area contributed by atoms with Gasteiger partial charge in [-0.1, -0.05) is 18.0 Å². The van der Waals surface area contributed by atoms with E-state index in [1.807, 2.05) is 0 Å². The molecular formula is C14H18ClN3O3. The number of hydrogen-bond acceptors (Lipinski definition) is 3. The predicted molar refractivity (Wildman–Crippen MR) is 76.3 cm³/mol. The third-order valence-corrected chi connectivity index (χ3v) is 5.50. The lowest BCUT2D eigenvalue weighted by atomic mass is 9.81. The SMILES string of the molecule is Cc1c(Cl)c(C(=O)N2C[C@@H]3CCC[C@@]3(C(=O)O)C2)nn1C. The van der Waals surface area contributed by atoms with Crippen LogP contribution >= 0.6 is 11.6 Å². The van der Waals surface area contributed by atoms with Gasteiger partial charge in [0.2, 0.25) is 0 Å². The summed E-state index contributed by atoms with van der Waals surface area (Å²) in [5, 5.41) is 14.1. The molecule has 1 aromatic rings. The average molecular weight is 312 g/mol. The molecule has 2 fully saturated rings. The van der Waals surface area contributed by atoms with E-state index in [0.717, 1.165) is 18.5 Å². The Morgan fingerprint density at radius 2 is 2.19 bits per heavy atom. The van der Waals surface area contributed by atoms with Gasteiger partial charge in [-0.15, -0.1) is 0 Å². The first-order valence-electron chi connectivity index (χ1n) is 7.08. The largest absolute Gasteiger partial charge is 0.481 e. The van der Waals surface area contributed by atoms with Crippen molar-refractivity contribution in [3.8, 4) is 0 Å². The monoisotopic (exact) mass is 311 g/mol. The molecule has 1 N–H and O–H groups in total. The molecule has 2 atom stereocenters. The molecule has 2 aliphatic rings. The summed E-state index contributed by atoms with van der Waals surface area (Å²) < 4.78 is 1.57. The minimum atomic E-state index is -0.788. The Bertz CT molecular complexity index is 627. The number of amides is 1. The van der Waals surface area contributed by atoms with E-state index >= 15 is 0 Å². The van der Waals surface area contributed by atoms with Gasteiger partial charge in [0, 0.05) is 20.1 Å². The highest BCUT2D eigenvalue weighted by Crippen LogP contribution is 2.49. The number of aliphatic carboxylic acids is 1. The van der Waals surface area contributed by atoms with Crippen molar-refractivity contribution < 1.29 is 14.7 Å². The van der Waals surface area contributed by atoms with Crippen molar-refractivity contribution in [2.24, 2.45) is 18.4 Å². The minimum absolute atomic E-state index is 0.0440. The smallest absolute Gasteiger partial charge is 0.311 e. The van der Waals surface area contributed by atoms with E-state index in [1.165, 1.54) is 0 Å².